The van der Waals surface area contributed by atoms with Crippen LogP contribution in [-0.2, 0) is 18.6 Å². The number of hydrogen-bond donors (Lipinski definition) is 0. The maximum atomic E-state index is 6.20. The summed E-state index contributed by atoms with van der Waals surface area (Å²) in [6.45, 7) is 16.9. The minimum absolute atomic E-state index is 0.109. The van der Waals surface area contributed by atoms with Crippen LogP contribution in [0.15, 0.2) is 24.3 Å². The van der Waals surface area contributed by atoms with E-state index in [1.165, 1.54) is 18.3 Å². The minimum atomic E-state index is -0.273. The van der Waals surface area contributed by atoms with Crippen molar-refractivity contribution in [2.75, 3.05) is 0 Å². The molecule has 0 spiro atoms. The van der Waals surface area contributed by atoms with Crippen LogP contribution < -0.4 is 8.24 Å². The number of hydrogen-bond acceptors (Lipinski definition) is 5. The molecule has 0 amide bonds. The zero-order chi connectivity index (χ0) is 21.2. The first-order valence-electron chi connectivity index (χ1n) is 9.86. The summed E-state index contributed by atoms with van der Waals surface area (Å²) in [4.78, 5) is 0. The standard InChI is InChI=1S/C20H28B2O4SSe2/c1-17(2)18(3,4)24-21(23-17)28-14-9-10-15-13(11-14)12-16(27-15)29-22-25-19(5,6)20(7,8)26-22/h9-12H,1-8H3. The van der Waals surface area contributed by atoms with E-state index in [9.17, 15) is 0 Å². The number of thiophene rings is 1. The van der Waals surface area contributed by atoms with E-state index in [-0.39, 0.29) is 63.8 Å². The van der Waals surface area contributed by atoms with Crippen LogP contribution in [0.1, 0.15) is 55.4 Å². The molecule has 2 aliphatic heterocycles. The van der Waals surface area contributed by atoms with E-state index in [1.807, 2.05) is 11.3 Å². The van der Waals surface area contributed by atoms with Gasteiger partial charge in [-0.15, -0.1) is 0 Å². The van der Waals surface area contributed by atoms with Crippen molar-refractivity contribution >= 4 is 71.1 Å². The normalized spacial score (nSPS) is 24.6. The summed E-state index contributed by atoms with van der Waals surface area (Å²) in [5, 5.41) is 1.29. The third kappa shape index (κ3) is 4.28. The molecule has 29 heavy (non-hydrogen) atoms. The summed E-state index contributed by atoms with van der Waals surface area (Å²) >= 11 is 2.09. The van der Waals surface area contributed by atoms with E-state index >= 15 is 0 Å². The van der Waals surface area contributed by atoms with Crippen LogP contribution in [0.5, 0.6) is 0 Å². The van der Waals surface area contributed by atoms with E-state index in [0.717, 1.165) is 0 Å². The average molecular weight is 544 g/mol. The van der Waals surface area contributed by atoms with Crippen molar-refractivity contribution in [2.45, 2.75) is 77.8 Å². The van der Waals surface area contributed by atoms with Crippen molar-refractivity contribution in [1.29, 1.82) is 0 Å². The zero-order valence-corrected chi connectivity index (χ0v) is 22.6. The van der Waals surface area contributed by atoms with Crippen molar-refractivity contribution in [3.8, 4) is 0 Å². The van der Waals surface area contributed by atoms with Crippen molar-refractivity contribution in [1.82, 2.24) is 0 Å². The summed E-state index contributed by atoms with van der Waals surface area (Å²) in [6, 6.07) is 9.04. The Morgan fingerprint density at radius 3 is 1.69 bits per heavy atom. The van der Waals surface area contributed by atoms with Crippen molar-refractivity contribution < 1.29 is 18.6 Å². The fourth-order valence-corrected chi connectivity index (χ4v) is 9.52. The predicted molar refractivity (Wildman–Crippen MR) is 125 cm³/mol. The molecule has 2 fully saturated rings. The summed E-state index contributed by atoms with van der Waals surface area (Å²) in [6.07, 6.45) is 0. The third-order valence-electron chi connectivity index (χ3n) is 6.37. The quantitative estimate of drug-likeness (QED) is 0.556. The van der Waals surface area contributed by atoms with Gasteiger partial charge in [-0.25, -0.2) is 0 Å². The van der Waals surface area contributed by atoms with E-state index in [4.69, 9.17) is 18.6 Å². The third-order valence-corrected chi connectivity index (χ3v) is 11.8. The van der Waals surface area contributed by atoms with Crippen LogP contribution in [0.4, 0.5) is 0 Å². The Morgan fingerprint density at radius 2 is 1.17 bits per heavy atom. The van der Waals surface area contributed by atoms with Gasteiger partial charge in [0.1, 0.15) is 0 Å². The summed E-state index contributed by atoms with van der Waals surface area (Å²) in [5.41, 5.74) is -1.09. The van der Waals surface area contributed by atoms with Crippen LogP contribution in [0.3, 0.4) is 0 Å². The van der Waals surface area contributed by atoms with Gasteiger partial charge in [0.15, 0.2) is 0 Å². The Morgan fingerprint density at radius 1 is 0.690 bits per heavy atom. The van der Waals surface area contributed by atoms with Crippen LogP contribution in [0, 0.1) is 0 Å². The second kappa shape index (κ2) is 7.37. The molecule has 156 valence electrons. The predicted octanol–water partition coefficient (Wildman–Crippen LogP) is 2.74. The Balaban J connectivity index is 1.46. The van der Waals surface area contributed by atoms with E-state index < -0.39 is 0 Å². The molecule has 9 heteroatoms. The first-order chi connectivity index (χ1) is 13.3. The summed E-state index contributed by atoms with van der Waals surface area (Å²) < 4.78 is 28.7. The molecule has 0 N–H and O–H groups in total. The molecular weight excluding hydrogens is 516 g/mol. The van der Waals surface area contributed by atoms with E-state index in [2.05, 4.69) is 79.7 Å². The van der Waals surface area contributed by atoms with Gasteiger partial charge in [0.2, 0.25) is 0 Å². The number of fused-ring (bicyclic) bond motifs is 1. The first kappa shape index (κ1) is 22.4. The molecule has 1 aromatic carbocycles. The first-order valence-corrected chi connectivity index (χ1v) is 14.4. The monoisotopic (exact) mass is 546 g/mol. The topological polar surface area (TPSA) is 36.9 Å². The number of rotatable bonds is 4. The van der Waals surface area contributed by atoms with Gasteiger partial charge >= 0.3 is 192 Å². The molecule has 4 nitrogen and oxygen atoms in total. The molecule has 4 rings (SSSR count). The van der Waals surface area contributed by atoms with Gasteiger partial charge in [-0.2, -0.15) is 0 Å². The fraction of sp³-hybridized carbons (Fsp3) is 0.600. The van der Waals surface area contributed by atoms with Crippen LogP contribution in [0.25, 0.3) is 10.1 Å². The van der Waals surface area contributed by atoms with Crippen molar-refractivity contribution in [3.05, 3.63) is 24.3 Å². The second-order valence-electron chi connectivity index (χ2n) is 9.59. The van der Waals surface area contributed by atoms with Crippen LogP contribution in [-0.4, -0.2) is 63.8 Å². The van der Waals surface area contributed by atoms with Gasteiger partial charge in [-0.05, 0) is 0 Å². The fourth-order valence-electron chi connectivity index (χ4n) is 3.01. The molecule has 1 aromatic heterocycles. The Hall–Kier alpha value is 0.189. The van der Waals surface area contributed by atoms with E-state index in [1.54, 1.807) is 0 Å². The van der Waals surface area contributed by atoms with Crippen molar-refractivity contribution in [3.63, 3.8) is 0 Å². The van der Waals surface area contributed by atoms with Gasteiger partial charge in [0, 0.05) is 0 Å². The summed E-state index contributed by atoms with van der Waals surface area (Å²) in [7, 11) is 0. The van der Waals surface area contributed by atoms with Crippen LogP contribution >= 0.6 is 11.3 Å². The molecule has 0 aliphatic carbocycles. The average Bonchev–Trinajstić information content (AvgIpc) is 3.08. The van der Waals surface area contributed by atoms with Gasteiger partial charge in [-0.3, -0.25) is 0 Å². The molecule has 0 radical (unpaired) electrons. The Bertz CT molecular complexity index is 860. The molecule has 3 heterocycles. The van der Waals surface area contributed by atoms with Gasteiger partial charge < -0.3 is 0 Å². The second-order valence-corrected chi connectivity index (χ2v) is 15.8. The Kier molecular flexibility index (Phi) is 5.69. The van der Waals surface area contributed by atoms with Gasteiger partial charge in [-0.1, -0.05) is 0 Å². The van der Waals surface area contributed by atoms with Crippen molar-refractivity contribution in [2.24, 2.45) is 0 Å². The molecule has 0 atom stereocenters. The maximum absolute atomic E-state index is 6.20. The zero-order valence-electron chi connectivity index (χ0n) is 18.3. The molecule has 0 unspecified atom stereocenters. The molecule has 2 saturated heterocycles. The molecule has 2 aromatic rings. The molecular formula is C20H28B2O4SSe2. The van der Waals surface area contributed by atoms with Gasteiger partial charge in [0.25, 0.3) is 0 Å². The SMILES string of the molecule is CC1(C)OB([Se]c2ccc3sc([Se]B4OC(C)(C)C(C)(C)O4)cc3c2)OC1(C)C. The molecule has 0 saturated carbocycles. The summed E-state index contributed by atoms with van der Waals surface area (Å²) in [5.74, 6) is -0.272. The van der Waals surface area contributed by atoms with Crippen LogP contribution in [0.2, 0.25) is 0 Å². The van der Waals surface area contributed by atoms with Gasteiger partial charge in [0.05, 0.1) is 0 Å². The Labute approximate surface area is 191 Å². The van der Waals surface area contributed by atoms with E-state index in [0.29, 0.717) is 0 Å². The molecule has 2 aliphatic rings. The molecule has 0 bridgehead atoms. The number of benzene rings is 1.